The first-order chi connectivity index (χ1) is 11.4. The van der Waals surface area contributed by atoms with Crippen molar-refractivity contribution in [3.05, 3.63) is 18.0 Å². The second-order valence-electron chi connectivity index (χ2n) is 6.32. The van der Waals surface area contributed by atoms with Gasteiger partial charge in [-0.2, -0.15) is 5.10 Å². The van der Waals surface area contributed by atoms with Gasteiger partial charge >= 0.3 is 11.8 Å². The number of aromatic nitrogens is 2. The summed E-state index contributed by atoms with van der Waals surface area (Å²) in [6.07, 6.45) is 4.74. The molecule has 0 spiro atoms. The smallest absolute Gasteiger partial charge is 0.312 e. The number of nitrogens with zero attached hydrogens (tertiary/aromatic N) is 4. The summed E-state index contributed by atoms with van der Waals surface area (Å²) in [6.45, 7) is 5.33. The minimum Gasteiger partial charge on any atom is -0.346 e. The molecule has 1 aromatic heterocycles. The molecule has 3 amide bonds. The molecule has 2 rings (SSSR count). The normalized spacial score (nSPS) is 14.8. The SMILES string of the molecule is CC(C)NC(=O)C(=O)N1CCN(C(=O)CCc2cnn(C)c2)CC1. The van der Waals surface area contributed by atoms with Crippen LogP contribution >= 0.6 is 0 Å². The summed E-state index contributed by atoms with van der Waals surface area (Å²) < 4.78 is 1.71. The van der Waals surface area contributed by atoms with Gasteiger partial charge in [-0.3, -0.25) is 19.1 Å². The Balaban J connectivity index is 1.76. The van der Waals surface area contributed by atoms with E-state index in [0.29, 0.717) is 39.0 Å². The molecular weight excluding hydrogens is 310 g/mol. The molecule has 24 heavy (non-hydrogen) atoms. The third-order valence-electron chi connectivity index (χ3n) is 3.92. The summed E-state index contributed by atoms with van der Waals surface area (Å²) in [5.74, 6) is -1.04. The fourth-order valence-corrected chi connectivity index (χ4v) is 2.64. The van der Waals surface area contributed by atoms with Crippen molar-refractivity contribution in [1.82, 2.24) is 24.9 Å². The van der Waals surface area contributed by atoms with Crippen molar-refractivity contribution in [2.45, 2.75) is 32.7 Å². The average molecular weight is 335 g/mol. The number of rotatable bonds is 4. The zero-order valence-electron chi connectivity index (χ0n) is 14.5. The monoisotopic (exact) mass is 335 g/mol. The Kier molecular flexibility index (Phi) is 5.94. The van der Waals surface area contributed by atoms with Gasteiger partial charge in [0.25, 0.3) is 0 Å². The summed E-state index contributed by atoms with van der Waals surface area (Å²) in [4.78, 5) is 39.3. The van der Waals surface area contributed by atoms with Gasteiger partial charge in [0, 0.05) is 51.9 Å². The van der Waals surface area contributed by atoms with E-state index in [2.05, 4.69) is 10.4 Å². The summed E-state index contributed by atoms with van der Waals surface area (Å²) in [5, 5.41) is 6.68. The number of hydrogen-bond donors (Lipinski definition) is 1. The van der Waals surface area contributed by atoms with Gasteiger partial charge in [-0.05, 0) is 25.8 Å². The highest BCUT2D eigenvalue weighted by Gasteiger charge is 2.27. The standard InChI is InChI=1S/C16H25N5O3/c1-12(2)18-15(23)16(24)21-8-6-20(7-9-21)14(22)5-4-13-10-17-19(3)11-13/h10-12H,4-9H2,1-3H3,(H,18,23). The van der Waals surface area contributed by atoms with E-state index in [1.165, 1.54) is 4.90 Å². The number of nitrogens with one attached hydrogen (secondary N) is 1. The van der Waals surface area contributed by atoms with Gasteiger partial charge in [-0.15, -0.1) is 0 Å². The maximum absolute atomic E-state index is 12.3. The molecule has 8 nitrogen and oxygen atoms in total. The van der Waals surface area contributed by atoms with Crippen molar-refractivity contribution in [3.8, 4) is 0 Å². The van der Waals surface area contributed by atoms with Gasteiger partial charge in [0.15, 0.2) is 0 Å². The molecule has 1 N–H and O–H groups in total. The van der Waals surface area contributed by atoms with Crippen molar-refractivity contribution in [2.75, 3.05) is 26.2 Å². The van der Waals surface area contributed by atoms with Crippen molar-refractivity contribution in [2.24, 2.45) is 7.05 Å². The fourth-order valence-electron chi connectivity index (χ4n) is 2.64. The Morgan fingerprint density at radius 2 is 1.79 bits per heavy atom. The predicted octanol–water partition coefficient (Wildman–Crippen LogP) is -0.452. The largest absolute Gasteiger partial charge is 0.346 e. The van der Waals surface area contributed by atoms with E-state index in [0.717, 1.165) is 5.56 Å². The first kappa shape index (κ1) is 18.0. The first-order valence-corrected chi connectivity index (χ1v) is 8.22. The fraction of sp³-hybridized carbons (Fsp3) is 0.625. The molecule has 1 fully saturated rings. The third kappa shape index (κ3) is 4.81. The van der Waals surface area contributed by atoms with E-state index in [1.807, 2.05) is 27.1 Å². The van der Waals surface area contributed by atoms with E-state index >= 15 is 0 Å². The number of hydrogen-bond acceptors (Lipinski definition) is 4. The zero-order valence-corrected chi connectivity index (χ0v) is 14.5. The van der Waals surface area contributed by atoms with E-state index in [4.69, 9.17) is 0 Å². The Morgan fingerprint density at radius 3 is 2.33 bits per heavy atom. The second-order valence-corrected chi connectivity index (χ2v) is 6.32. The van der Waals surface area contributed by atoms with Crippen LogP contribution in [0.3, 0.4) is 0 Å². The van der Waals surface area contributed by atoms with Crippen LogP contribution in [0.4, 0.5) is 0 Å². The van der Waals surface area contributed by atoms with Crippen LogP contribution in [0, 0.1) is 0 Å². The lowest BCUT2D eigenvalue weighted by molar-refractivity contribution is -0.148. The lowest BCUT2D eigenvalue weighted by Crippen LogP contribution is -2.54. The Morgan fingerprint density at radius 1 is 1.17 bits per heavy atom. The lowest BCUT2D eigenvalue weighted by Gasteiger charge is -2.34. The summed E-state index contributed by atoms with van der Waals surface area (Å²) in [5.41, 5.74) is 1.03. The molecule has 0 saturated carbocycles. The number of amides is 3. The van der Waals surface area contributed by atoms with Gasteiger partial charge in [-0.1, -0.05) is 0 Å². The average Bonchev–Trinajstić information content (AvgIpc) is 2.97. The van der Waals surface area contributed by atoms with Crippen LogP contribution in [0.1, 0.15) is 25.8 Å². The molecule has 1 aromatic rings. The summed E-state index contributed by atoms with van der Waals surface area (Å²) in [7, 11) is 1.84. The highest BCUT2D eigenvalue weighted by atomic mass is 16.2. The molecule has 8 heteroatoms. The summed E-state index contributed by atoms with van der Waals surface area (Å²) >= 11 is 0. The minimum absolute atomic E-state index is 0.0672. The van der Waals surface area contributed by atoms with Gasteiger partial charge in [0.2, 0.25) is 5.91 Å². The molecular formula is C16H25N5O3. The van der Waals surface area contributed by atoms with E-state index in [-0.39, 0.29) is 11.9 Å². The zero-order chi connectivity index (χ0) is 17.7. The van der Waals surface area contributed by atoms with Crippen LogP contribution < -0.4 is 5.32 Å². The molecule has 0 aliphatic carbocycles. The molecule has 1 saturated heterocycles. The quantitative estimate of drug-likeness (QED) is 0.755. The van der Waals surface area contributed by atoms with Crippen molar-refractivity contribution in [1.29, 1.82) is 0 Å². The van der Waals surface area contributed by atoms with E-state index in [1.54, 1.807) is 15.8 Å². The highest BCUT2D eigenvalue weighted by molar-refractivity contribution is 6.35. The van der Waals surface area contributed by atoms with Crippen molar-refractivity contribution >= 4 is 17.7 Å². The second kappa shape index (κ2) is 7.94. The molecule has 0 radical (unpaired) electrons. The van der Waals surface area contributed by atoms with Gasteiger partial charge in [-0.25, -0.2) is 0 Å². The molecule has 0 bridgehead atoms. The topological polar surface area (TPSA) is 87.5 Å². The van der Waals surface area contributed by atoms with E-state index in [9.17, 15) is 14.4 Å². The van der Waals surface area contributed by atoms with Crippen LogP contribution in [0.5, 0.6) is 0 Å². The molecule has 0 unspecified atom stereocenters. The highest BCUT2D eigenvalue weighted by Crippen LogP contribution is 2.08. The summed E-state index contributed by atoms with van der Waals surface area (Å²) in [6, 6.07) is -0.0724. The van der Waals surface area contributed by atoms with Crippen LogP contribution in [0.2, 0.25) is 0 Å². The van der Waals surface area contributed by atoms with Crippen LogP contribution in [-0.2, 0) is 27.9 Å². The molecule has 0 atom stereocenters. The Bertz CT molecular complexity index is 603. The van der Waals surface area contributed by atoms with E-state index < -0.39 is 11.8 Å². The van der Waals surface area contributed by atoms with Crippen molar-refractivity contribution < 1.29 is 14.4 Å². The maximum atomic E-state index is 12.3. The number of carbonyl (C=O) groups excluding carboxylic acids is 3. The van der Waals surface area contributed by atoms with Crippen LogP contribution in [0.25, 0.3) is 0 Å². The predicted molar refractivity (Wildman–Crippen MR) is 88.0 cm³/mol. The maximum Gasteiger partial charge on any atom is 0.312 e. The number of aryl methyl sites for hydroxylation is 2. The lowest BCUT2D eigenvalue weighted by atomic mass is 10.1. The molecule has 0 aromatic carbocycles. The first-order valence-electron chi connectivity index (χ1n) is 8.22. The van der Waals surface area contributed by atoms with Gasteiger partial charge in [0.05, 0.1) is 6.20 Å². The Labute approximate surface area is 141 Å². The van der Waals surface area contributed by atoms with Crippen LogP contribution in [-0.4, -0.2) is 69.5 Å². The molecule has 2 heterocycles. The number of piperazine rings is 1. The van der Waals surface area contributed by atoms with Gasteiger partial charge < -0.3 is 15.1 Å². The minimum atomic E-state index is -0.582. The molecule has 1 aliphatic heterocycles. The van der Waals surface area contributed by atoms with Gasteiger partial charge in [0.1, 0.15) is 0 Å². The Hall–Kier alpha value is -2.38. The molecule has 132 valence electrons. The van der Waals surface area contributed by atoms with Crippen LogP contribution in [0.15, 0.2) is 12.4 Å². The van der Waals surface area contributed by atoms with Crippen molar-refractivity contribution in [3.63, 3.8) is 0 Å². The molecule has 1 aliphatic rings. The third-order valence-corrected chi connectivity index (χ3v) is 3.92. The number of carbonyl (C=O) groups is 3.